The number of H-pyrrole nitrogens is 1. The molecule has 2 heterocycles. The summed E-state index contributed by atoms with van der Waals surface area (Å²) in [5, 5.41) is 13.4. The summed E-state index contributed by atoms with van der Waals surface area (Å²) < 4.78 is 1.20. The van der Waals surface area contributed by atoms with Crippen molar-refractivity contribution in [2.75, 3.05) is 5.32 Å². The fourth-order valence-corrected chi connectivity index (χ4v) is 1.74. The predicted molar refractivity (Wildman–Crippen MR) is 71.2 cm³/mol. The van der Waals surface area contributed by atoms with Crippen molar-refractivity contribution in [1.29, 1.82) is 0 Å². The smallest absolute Gasteiger partial charge is 0.339 e. The highest BCUT2D eigenvalue weighted by Crippen LogP contribution is 2.14. The number of aromatic amines is 1. The fourth-order valence-electron chi connectivity index (χ4n) is 1.74. The van der Waals surface area contributed by atoms with Crippen molar-refractivity contribution in [3.63, 3.8) is 0 Å². The van der Waals surface area contributed by atoms with E-state index < -0.39 is 0 Å². The lowest BCUT2D eigenvalue weighted by Gasteiger charge is -2.05. The van der Waals surface area contributed by atoms with Gasteiger partial charge in [-0.25, -0.2) is 9.89 Å². The molecule has 19 heavy (non-hydrogen) atoms. The SMILES string of the molecule is NCc1ccc(Nc2ccc3n[nH]c(=O)n3n2)cc1. The summed E-state index contributed by atoms with van der Waals surface area (Å²) in [5.74, 6) is 0.566. The molecule has 0 radical (unpaired) electrons. The summed E-state index contributed by atoms with van der Waals surface area (Å²) in [4.78, 5) is 11.4. The molecule has 4 N–H and O–H groups in total. The Bertz CT molecular complexity index is 758. The van der Waals surface area contributed by atoms with Crippen LogP contribution in [0.5, 0.6) is 0 Å². The standard InChI is InChI=1S/C12H12N6O/c13-7-8-1-3-9(4-2-8)14-10-5-6-11-15-16-12(19)18(11)17-10/h1-6H,7,13H2,(H,14,17)(H,16,19). The third-order valence-corrected chi connectivity index (χ3v) is 2.74. The van der Waals surface area contributed by atoms with Crippen LogP contribution in [-0.2, 0) is 6.54 Å². The molecule has 0 saturated heterocycles. The topological polar surface area (TPSA) is 101 Å². The zero-order valence-corrected chi connectivity index (χ0v) is 10.00. The number of aromatic nitrogens is 4. The number of nitrogens with two attached hydrogens (primary N) is 1. The molecule has 0 unspecified atom stereocenters. The summed E-state index contributed by atoms with van der Waals surface area (Å²) in [5.41, 5.74) is 7.59. The van der Waals surface area contributed by atoms with Gasteiger partial charge in [0.05, 0.1) is 0 Å². The van der Waals surface area contributed by atoms with Gasteiger partial charge in [-0.2, -0.15) is 9.61 Å². The van der Waals surface area contributed by atoms with Gasteiger partial charge in [-0.3, -0.25) is 0 Å². The minimum atomic E-state index is -0.364. The summed E-state index contributed by atoms with van der Waals surface area (Å²) in [6.45, 7) is 0.509. The predicted octanol–water partition coefficient (Wildman–Crippen LogP) is 0.620. The average molecular weight is 256 g/mol. The van der Waals surface area contributed by atoms with Crippen LogP contribution in [0.25, 0.3) is 5.65 Å². The second-order valence-electron chi connectivity index (χ2n) is 4.04. The molecule has 7 nitrogen and oxygen atoms in total. The Morgan fingerprint density at radius 3 is 2.74 bits per heavy atom. The van der Waals surface area contributed by atoms with Crippen LogP contribution in [0.4, 0.5) is 11.5 Å². The van der Waals surface area contributed by atoms with Gasteiger partial charge in [0.25, 0.3) is 0 Å². The molecule has 96 valence electrons. The van der Waals surface area contributed by atoms with Crippen molar-refractivity contribution >= 4 is 17.2 Å². The first-order valence-corrected chi connectivity index (χ1v) is 5.77. The van der Waals surface area contributed by atoms with Crippen LogP contribution >= 0.6 is 0 Å². The van der Waals surface area contributed by atoms with Crippen LogP contribution < -0.4 is 16.7 Å². The highest BCUT2D eigenvalue weighted by atomic mass is 16.2. The maximum atomic E-state index is 11.4. The number of rotatable bonds is 3. The highest BCUT2D eigenvalue weighted by Gasteiger charge is 2.03. The quantitative estimate of drug-likeness (QED) is 0.637. The lowest BCUT2D eigenvalue weighted by molar-refractivity contribution is 0.885. The molecule has 0 bridgehead atoms. The minimum Gasteiger partial charge on any atom is -0.339 e. The first-order valence-electron chi connectivity index (χ1n) is 5.77. The first kappa shape index (κ1) is 11.4. The van der Waals surface area contributed by atoms with Crippen LogP contribution in [-0.4, -0.2) is 19.8 Å². The first-order chi connectivity index (χ1) is 9.26. The molecular formula is C12H12N6O. The van der Waals surface area contributed by atoms with E-state index in [2.05, 4.69) is 20.6 Å². The van der Waals surface area contributed by atoms with Gasteiger partial charge in [0.15, 0.2) is 11.5 Å². The lowest BCUT2D eigenvalue weighted by Crippen LogP contribution is -2.13. The number of fused-ring (bicyclic) bond motifs is 1. The number of nitrogens with one attached hydrogen (secondary N) is 2. The summed E-state index contributed by atoms with van der Waals surface area (Å²) in [7, 11) is 0. The third kappa shape index (κ3) is 2.18. The molecular weight excluding hydrogens is 244 g/mol. The molecule has 2 aromatic heterocycles. The van der Waals surface area contributed by atoms with Crippen LogP contribution in [0.15, 0.2) is 41.2 Å². The van der Waals surface area contributed by atoms with E-state index in [1.807, 2.05) is 24.3 Å². The van der Waals surface area contributed by atoms with Gasteiger partial charge >= 0.3 is 5.69 Å². The van der Waals surface area contributed by atoms with Crippen molar-refractivity contribution in [2.45, 2.75) is 6.54 Å². The second-order valence-corrected chi connectivity index (χ2v) is 4.04. The van der Waals surface area contributed by atoms with Gasteiger partial charge < -0.3 is 11.1 Å². The normalized spacial score (nSPS) is 10.8. The molecule has 0 fully saturated rings. The summed E-state index contributed by atoms with van der Waals surface area (Å²) >= 11 is 0. The van der Waals surface area contributed by atoms with Crippen LogP contribution in [0.2, 0.25) is 0 Å². The van der Waals surface area contributed by atoms with E-state index in [1.165, 1.54) is 4.52 Å². The average Bonchev–Trinajstić information content (AvgIpc) is 2.81. The molecule has 0 spiro atoms. The van der Waals surface area contributed by atoms with Crippen LogP contribution in [0.3, 0.4) is 0 Å². The minimum absolute atomic E-state index is 0.364. The van der Waals surface area contributed by atoms with Crippen molar-refractivity contribution in [1.82, 2.24) is 19.8 Å². The third-order valence-electron chi connectivity index (χ3n) is 2.74. The molecule has 0 amide bonds. The molecule has 0 aliphatic heterocycles. The van der Waals surface area contributed by atoms with Gasteiger partial charge in [-0.15, -0.1) is 5.10 Å². The Hall–Kier alpha value is -2.67. The van der Waals surface area contributed by atoms with E-state index in [9.17, 15) is 4.79 Å². The molecule has 1 aromatic carbocycles. The maximum absolute atomic E-state index is 11.4. The van der Waals surface area contributed by atoms with E-state index in [4.69, 9.17) is 5.73 Å². The van der Waals surface area contributed by atoms with E-state index >= 15 is 0 Å². The molecule has 0 aliphatic rings. The van der Waals surface area contributed by atoms with Crippen LogP contribution in [0.1, 0.15) is 5.56 Å². The van der Waals surface area contributed by atoms with Gasteiger partial charge in [0.1, 0.15) is 0 Å². The fraction of sp³-hybridized carbons (Fsp3) is 0.0833. The number of nitrogens with zero attached hydrogens (tertiary/aromatic N) is 3. The highest BCUT2D eigenvalue weighted by molar-refractivity contribution is 5.57. The zero-order chi connectivity index (χ0) is 13.2. The van der Waals surface area contributed by atoms with E-state index in [1.54, 1.807) is 12.1 Å². The van der Waals surface area contributed by atoms with Gasteiger partial charge in [0.2, 0.25) is 0 Å². The largest absolute Gasteiger partial charge is 0.364 e. The number of anilines is 2. The molecule has 7 heteroatoms. The Morgan fingerprint density at radius 1 is 1.21 bits per heavy atom. The number of hydrogen-bond donors (Lipinski definition) is 3. The number of benzene rings is 1. The van der Waals surface area contributed by atoms with E-state index in [0.29, 0.717) is 18.0 Å². The monoisotopic (exact) mass is 256 g/mol. The molecule has 3 aromatic rings. The maximum Gasteiger partial charge on any atom is 0.364 e. The number of hydrogen-bond acceptors (Lipinski definition) is 5. The van der Waals surface area contributed by atoms with Crippen LogP contribution in [0, 0.1) is 0 Å². The van der Waals surface area contributed by atoms with E-state index in [-0.39, 0.29) is 5.69 Å². The Morgan fingerprint density at radius 2 is 2.00 bits per heavy atom. The molecule has 0 aliphatic carbocycles. The Balaban J connectivity index is 1.91. The van der Waals surface area contributed by atoms with Crippen molar-refractivity contribution < 1.29 is 0 Å². The Labute approximate surface area is 108 Å². The van der Waals surface area contributed by atoms with Gasteiger partial charge in [-0.1, -0.05) is 12.1 Å². The summed E-state index contributed by atoms with van der Waals surface area (Å²) in [6.07, 6.45) is 0. The van der Waals surface area contributed by atoms with Crippen molar-refractivity contribution in [3.8, 4) is 0 Å². The van der Waals surface area contributed by atoms with Gasteiger partial charge in [-0.05, 0) is 29.8 Å². The molecule has 3 rings (SSSR count). The summed E-state index contributed by atoms with van der Waals surface area (Å²) in [6, 6.07) is 11.2. The lowest BCUT2D eigenvalue weighted by atomic mass is 10.2. The second kappa shape index (κ2) is 4.54. The van der Waals surface area contributed by atoms with Crippen molar-refractivity contribution in [2.24, 2.45) is 5.73 Å². The van der Waals surface area contributed by atoms with Crippen molar-refractivity contribution in [3.05, 3.63) is 52.4 Å². The molecule has 0 saturated carbocycles. The molecule has 0 atom stereocenters. The van der Waals surface area contributed by atoms with E-state index in [0.717, 1.165) is 11.3 Å². The zero-order valence-electron chi connectivity index (χ0n) is 10.00. The Kier molecular flexibility index (Phi) is 2.73. The van der Waals surface area contributed by atoms with Gasteiger partial charge in [0, 0.05) is 12.2 Å².